The highest BCUT2D eigenvalue weighted by Crippen LogP contribution is 2.53. The van der Waals surface area contributed by atoms with Gasteiger partial charge < -0.3 is 9.80 Å². The molecule has 1 aliphatic carbocycles. The molecule has 2 heteroatoms. The molecule has 0 amide bonds. The molecule has 0 heterocycles. The lowest BCUT2D eigenvalue weighted by molar-refractivity contribution is 0.660. The van der Waals surface area contributed by atoms with Gasteiger partial charge in [-0.25, -0.2) is 0 Å². The molecule has 0 N–H and O–H groups in total. The van der Waals surface area contributed by atoms with E-state index in [9.17, 15) is 0 Å². The summed E-state index contributed by atoms with van der Waals surface area (Å²) < 4.78 is 0. The molecular formula is C61H44N2. The average molecular weight is 805 g/mol. The Bertz CT molecular complexity index is 3490. The molecule has 0 saturated carbocycles. The van der Waals surface area contributed by atoms with E-state index in [4.69, 9.17) is 0 Å². The van der Waals surface area contributed by atoms with Gasteiger partial charge in [0.25, 0.3) is 0 Å². The summed E-state index contributed by atoms with van der Waals surface area (Å²) in [6, 6.07) is 84.8. The fourth-order valence-electron chi connectivity index (χ4n) is 10.4. The maximum Gasteiger partial charge on any atom is 0.0619 e. The van der Waals surface area contributed by atoms with Crippen LogP contribution in [0.5, 0.6) is 0 Å². The molecular weight excluding hydrogens is 761 g/mol. The van der Waals surface area contributed by atoms with E-state index in [0.717, 1.165) is 28.4 Å². The first-order valence-electron chi connectivity index (χ1n) is 21.9. The number of para-hydroxylation sites is 1. The molecule has 11 aromatic rings. The average Bonchev–Trinajstić information content (AvgIpc) is 3.57. The van der Waals surface area contributed by atoms with Crippen molar-refractivity contribution in [3.05, 3.63) is 242 Å². The van der Waals surface area contributed by atoms with Crippen LogP contribution in [0.15, 0.2) is 231 Å². The summed E-state index contributed by atoms with van der Waals surface area (Å²) in [5.74, 6) is 0. The van der Waals surface area contributed by atoms with Gasteiger partial charge in [-0.3, -0.25) is 0 Å². The van der Waals surface area contributed by atoms with Gasteiger partial charge in [0.05, 0.1) is 11.4 Å². The molecule has 0 aromatic heterocycles. The van der Waals surface area contributed by atoms with E-state index >= 15 is 0 Å². The first-order valence-corrected chi connectivity index (χ1v) is 21.9. The minimum atomic E-state index is -0.142. The van der Waals surface area contributed by atoms with Crippen LogP contribution in [0.25, 0.3) is 65.3 Å². The van der Waals surface area contributed by atoms with Gasteiger partial charge >= 0.3 is 0 Å². The molecule has 0 atom stereocenters. The van der Waals surface area contributed by atoms with E-state index in [1.165, 1.54) is 82.2 Å². The zero-order valence-electron chi connectivity index (χ0n) is 35.3. The number of hydrogen-bond acceptors (Lipinski definition) is 2. The first-order chi connectivity index (χ1) is 31.0. The summed E-state index contributed by atoms with van der Waals surface area (Å²) >= 11 is 0. The maximum atomic E-state index is 2.54. The standard InChI is InChI=1S/C61H44N2/c1-61(2)56-29-15-14-24-50(56)51-38-37-48(40-57(51)61)63(58-30-16-20-42-18-8-9-23-49(42)58)60-54-27-12-10-25-52(54)59(53-26-11-13-28-55(53)60)43-32-34-46(35-33-43)62(45-21-4-3-5-22-45)47-36-31-41-17-6-7-19-44(41)39-47/h3-40H,1-2H3. The van der Waals surface area contributed by atoms with Crippen molar-refractivity contribution in [1.29, 1.82) is 0 Å². The molecule has 0 aliphatic heterocycles. The number of benzene rings is 11. The number of anilines is 6. The zero-order chi connectivity index (χ0) is 42.1. The van der Waals surface area contributed by atoms with Crippen LogP contribution in [0.3, 0.4) is 0 Å². The van der Waals surface area contributed by atoms with Crippen LogP contribution in [0.1, 0.15) is 25.0 Å². The van der Waals surface area contributed by atoms with E-state index < -0.39 is 0 Å². The minimum Gasteiger partial charge on any atom is -0.310 e. The molecule has 0 unspecified atom stereocenters. The molecule has 11 aromatic carbocycles. The van der Waals surface area contributed by atoms with Gasteiger partial charge in [-0.15, -0.1) is 0 Å². The quantitative estimate of drug-likeness (QED) is 0.148. The third kappa shape index (κ3) is 5.94. The molecule has 1 aliphatic rings. The van der Waals surface area contributed by atoms with Crippen molar-refractivity contribution in [1.82, 2.24) is 0 Å². The Morgan fingerprint density at radius 3 is 1.59 bits per heavy atom. The highest BCUT2D eigenvalue weighted by molar-refractivity contribution is 6.23. The van der Waals surface area contributed by atoms with Crippen LogP contribution in [0.2, 0.25) is 0 Å². The fraction of sp³-hybridized carbons (Fsp3) is 0.0492. The van der Waals surface area contributed by atoms with Crippen LogP contribution in [-0.2, 0) is 5.41 Å². The Morgan fingerprint density at radius 1 is 0.317 bits per heavy atom. The van der Waals surface area contributed by atoms with Crippen molar-refractivity contribution < 1.29 is 0 Å². The van der Waals surface area contributed by atoms with Crippen molar-refractivity contribution >= 4 is 77.2 Å². The van der Waals surface area contributed by atoms with E-state index in [2.05, 4.69) is 254 Å². The Balaban J connectivity index is 1.07. The van der Waals surface area contributed by atoms with Crippen molar-refractivity contribution in [2.45, 2.75) is 19.3 Å². The Kier molecular flexibility index (Phi) is 8.55. The van der Waals surface area contributed by atoms with Crippen LogP contribution in [-0.4, -0.2) is 0 Å². The van der Waals surface area contributed by atoms with E-state index in [1.54, 1.807) is 0 Å². The Labute approximate surface area is 368 Å². The van der Waals surface area contributed by atoms with Crippen molar-refractivity contribution in [2.75, 3.05) is 9.80 Å². The molecule has 0 saturated heterocycles. The summed E-state index contributed by atoms with van der Waals surface area (Å²) in [4.78, 5) is 4.90. The Morgan fingerprint density at radius 2 is 0.841 bits per heavy atom. The predicted molar refractivity (Wildman–Crippen MR) is 269 cm³/mol. The normalized spacial score (nSPS) is 12.7. The van der Waals surface area contributed by atoms with E-state index in [0.29, 0.717) is 0 Å². The summed E-state index contributed by atoms with van der Waals surface area (Å²) in [6.45, 7) is 4.74. The van der Waals surface area contributed by atoms with E-state index in [1.807, 2.05) is 0 Å². The number of rotatable bonds is 7. The second-order valence-corrected chi connectivity index (χ2v) is 17.3. The summed E-state index contributed by atoms with van der Waals surface area (Å²) in [5, 5.41) is 9.72. The first kappa shape index (κ1) is 36.9. The predicted octanol–water partition coefficient (Wildman–Crippen LogP) is 17.2. The highest BCUT2D eigenvalue weighted by Gasteiger charge is 2.36. The number of nitrogens with zero attached hydrogens (tertiary/aromatic N) is 2. The van der Waals surface area contributed by atoms with Crippen LogP contribution in [0, 0.1) is 0 Å². The van der Waals surface area contributed by atoms with Crippen molar-refractivity contribution in [3.8, 4) is 22.3 Å². The van der Waals surface area contributed by atoms with Gasteiger partial charge in [0.15, 0.2) is 0 Å². The SMILES string of the molecule is CC1(C)c2ccccc2-c2ccc(N(c3cccc4ccccc34)c3c4ccccc4c(-c4ccc(N(c5ccccc5)c5ccc6ccccc6c5)cc4)c4ccccc34)cc21. The Hall–Kier alpha value is -7.94. The van der Waals surface area contributed by atoms with Gasteiger partial charge in [-0.05, 0) is 115 Å². The smallest absolute Gasteiger partial charge is 0.0619 e. The van der Waals surface area contributed by atoms with Crippen LogP contribution < -0.4 is 9.80 Å². The molecule has 298 valence electrons. The summed E-state index contributed by atoms with van der Waals surface area (Å²) in [7, 11) is 0. The molecule has 0 radical (unpaired) electrons. The lowest BCUT2D eigenvalue weighted by Gasteiger charge is -2.32. The van der Waals surface area contributed by atoms with Gasteiger partial charge in [0.1, 0.15) is 0 Å². The van der Waals surface area contributed by atoms with Gasteiger partial charge in [-0.1, -0.05) is 190 Å². The largest absolute Gasteiger partial charge is 0.310 e. The number of hydrogen-bond donors (Lipinski definition) is 0. The van der Waals surface area contributed by atoms with Gasteiger partial charge in [-0.2, -0.15) is 0 Å². The topological polar surface area (TPSA) is 6.48 Å². The number of fused-ring (bicyclic) bond motifs is 7. The third-order valence-electron chi connectivity index (χ3n) is 13.4. The van der Waals surface area contributed by atoms with Gasteiger partial charge in [0, 0.05) is 44.3 Å². The van der Waals surface area contributed by atoms with Crippen LogP contribution >= 0.6 is 0 Å². The van der Waals surface area contributed by atoms with Crippen molar-refractivity contribution in [3.63, 3.8) is 0 Å². The molecule has 0 spiro atoms. The van der Waals surface area contributed by atoms with Crippen LogP contribution in [0.4, 0.5) is 34.1 Å². The fourth-order valence-corrected chi connectivity index (χ4v) is 10.4. The summed E-state index contributed by atoms with van der Waals surface area (Å²) in [5.41, 5.74) is 14.5. The zero-order valence-corrected chi connectivity index (χ0v) is 35.3. The summed E-state index contributed by atoms with van der Waals surface area (Å²) in [6.07, 6.45) is 0. The van der Waals surface area contributed by atoms with E-state index in [-0.39, 0.29) is 5.41 Å². The van der Waals surface area contributed by atoms with Gasteiger partial charge in [0.2, 0.25) is 0 Å². The third-order valence-corrected chi connectivity index (χ3v) is 13.4. The molecule has 2 nitrogen and oxygen atoms in total. The molecule has 63 heavy (non-hydrogen) atoms. The minimum absolute atomic E-state index is 0.142. The second-order valence-electron chi connectivity index (χ2n) is 17.3. The maximum absolute atomic E-state index is 2.54. The monoisotopic (exact) mass is 804 g/mol. The second kappa shape index (κ2) is 14.6. The molecule has 0 fully saturated rings. The highest BCUT2D eigenvalue weighted by atomic mass is 15.2. The van der Waals surface area contributed by atoms with Crippen molar-refractivity contribution in [2.24, 2.45) is 0 Å². The molecule has 0 bridgehead atoms. The molecule has 12 rings (SSSR count). The lowest BCUT2D eigenvalue weighted by atomic mass is 9.82. The lowest BCUT2D eigenvalue weighted by Crippen LogP contribution is -2.17.